The van der Waals surface area contributed by atoms with Gasteiger partial charge in [0.2, 0.25) is 6.41 Å². The van der Waals surface area contributed by atoms with E-state index in [2.05, 4.69) is 20.9 Å². The van der Waals surface area contributed by atoms with Gasteiger partial charge in [-0.25, -0.2) is 4.79 Å². The Hall–Kier alpha value is -1.67. The maximum absolute atomic E-state index is 12.4. The Bertz CT molecular complexity index is 885. The van der Waals surface area contributed by atoms with Crippen LogP contribution in [-0.2, 0) is 14.3 Å². The van der Waals surface area contributed by atoms with Gasteiger partial charge >= 0.3 is 5.97 Å². The molecule has 164 valence electrons. The van der Waals surface area contributed by atoms with Crippen molar-refractivity contribution in [3.05, 3.63) is 45.0 Å². The average molecular weight is 514 g/mol. The first kappa shape index (κ1) is 26.6. The fourth-order valence-corrected chi connectivity index (χ4v) is 4.28. The number of esters is 1. The molecule has 2 unspecified atom stereocenters. The van der Waals surface area contributed by atoms with Gasteiger partial charge in [0.1, 0.15) is 6.04 Å². The summed E-state index contributed by atoms with van der Waals surface area (Å²) in [5.41, 5.74) is 7.23. The fraction of sp³-hybridized carbons (Fsp3) is 0.476. The number of benzene rings is 1. The van der Waals surface area contributed by atoms with Gasteiger partial charge in [-0.2, -0.15) is 0 Å². The van der Waals surface area contributed by atoms with Crippen LogP contribution in [0, 0.1) is 5.92 Å². The number of hydrogen-bond acceptors (Lipinski definition) is 5. The molecule has 2 N–H and O–H groups in total. The third-order valence-electron chi connectivity index (χ3n) is 5.49. The second-order valence-corrected chi connectivity index (χ2v) is 9.16. The molecule has 32 heavy (non-hydrogen) atoms. The topological polar surface area (TPSA) is 85.0 Å². The molecule has 0 aliphatic heterocycles. The zero-order valence-electron chi connectivity index (χ0n) is 17.9. The van der Waals surface area contributed by atoms with Gasteiger partial charge in [-0.15, -0.1) is 0 Å². The Morgan fingerprint density at radius 3 is 2.78 bits per heavy atom. The number of rotatable bonds is 12. The molecule has 6 nitrogen and oxygen atoms in total. The van der Waals surface area contributed by atoms with E-state index in [1.54, 1.807) is 0 Å². The predicted octanol–water partition coefficient (Wildman–Crippen LogP) is 2.48. The molecule has 1 aromatic rings. The maximum Gasteiger partial charge on any atom is 0.328 e. The lowest BCUT2D eigenvalue weighted by Gasteiger charge is -2.27. The van der Waals surface area contributed by atoms with Gasteiger partial charge in [0.25, 0.3) is 0 Å². The van der Waals surface area contributed by atoms with E-state index in [1.807, 2.05) is 18.2 Å². The van der Waals surface area contributed by atoms with E-state index < -0.39 is 17.3 Å². The number of nitrogens with zero attached hydrogens (tertiary/aromatic N) is 2. The molecule has 0 spiro atoms. The van der Waals surface area contributed by atoms with Gasteiger partial charge < -0.3 is 20.4 Å². The number of carbonyl (C=O) groups is 2. The number of aliphatic imine (C=N–C) groups is 1. The van der Waals surface area contributed by atoms with Crippen LogP contribution in [0.2, 0.25) is 11.3 Å². The number of ether oxygens (including phenoxy) is 1. The SMILES string of the molecule is [B]CC([B])([B])/N=C/C(=C\N)CC(C(=O)OC)N(C=O)CC[C@@H]1CC1c1ccc(Br)cc1Cl. The third-order valence-corrected chi connectivity index (χ3v) is 6.31. The standard InChI is InChI=1S/C21H24B3BrClN3O3/c1-32-20(31)19(6-13(9-27)10-28-21(23,24)11-22)29(12-30)5-4-14-7-17(14)16-3-2-15(25)8-18(16)26/h2-3,8-10,12,14,17,19H,4-7,11,27H2,1H3/b13-9-,28-10+/t14-,17?,19?/m1/s1. The first-order chi connectivity index (χ1) is 15.1. The van der Waals surface area contributed by atoms with Gasteiger partial charge in [-0.1, -0.05) is 39.9 Å². The van der Waals surface area contributed by atoms with E-state index in [-0.39, 0.29) is 12.7 Å². The van der Waals surface area contributed by atoms with Gasteiger partial charge in [0.05, 0.1) is 30.6 Å². The van der Waals surface area contributed by atoms with Crippen LogP contribution in [-0.4, -0.2) is 72.1 Å². The van der Waals surface area contributed by atoms with Gasteiger partial charge in [0.15, 0.2) is 0 Å². The lowest BCUT2D eigenvalue weighted by molar-refractivity contribution is -0.149. The van der Waals surface area contributed by atoms with E-state index in [0.29, 0.717) is 30.4 Å². The maximum atomic E-state index is 12.4. The number of methoxy groups -OCH3 is 1. The number of nitrogens with two attached hydrogens (primary N) is 1. The van der Waals surface area contributed by atoms with Crippen LogP contribution in [0.4, 0.5) is 0 Å². The number of amides is 1. The normalized spacial score (nSPS) is 19.5. The summed E-state index contributed by atoms with van der Waals surface area (Å²) in [6, 6.07) is 4.99. The van der Waals surface area contributed by atoms with Gasteiger partial charge in [0, 0.05) is 28.7 Å². The van der Waals surface area contributed by atoms with Crippen molar-refractivity contribution in [3.63, 3.8) is 0 Å². The van der Waals surface area contributed by atoms with E-state index >= 15 is 0 Å². The summed E-state index contributed by atoms with van der Waals surface area (Å²) >= 11 is 9.77. The molecule has 11 heteroatoms. The minimum absolute atomic E-state index is 0.0762. The largest absolute Gasteiger partial charge is 0.467 e. The molecule has 3 atom stereocenters. The molecule has 0 aromatic heterocycles. The van der Waals surface area contributed by atoms with Crippen LogP contribution in [0.5, 0.6) is 0 Å². The number of hydrogen-bond donors (Lipinski definition) is 1. The Kier molecular flexibility index (Phi) is 9.95. The van der Waals surface area contributed by atoms with E-state index in [4.69, 9.17) is 45.6 Å². The van der Waals surface area contributed by atoms with Crippen molar-refractivity contribution >= 4 is 69.7 Å². The highest BCUT2D eigenvalue weighted by molar-refractivity contribution is 9.10. The van der Waals surface area contributed by atoms with Crippen LogP contribution in [0.3, 0.4) is 0 Å². The summed E-state index contributed by atoms with van der Waals surface area (Å²) in [4.78, 5) is 29.7. The van der Waals surface area contributed by atoms with Crippen molar-refractivity contribution in [3.8, 4) is 0 Å². The highest BCUT2D eigenvalue weighted by Crippen LogP contribution is 2.51. The van der Waals surface area contributed by atoms with Crippen molar-refractivity contribution in [2.75, 3.05) is 13.7 Å². The molecule has 1 fully saturated rings. The summed E-state index contributed by atoms with van der Waals surface area (Å²) in [7, 11) is 18.1. The van der Waals surface area contributed by atoms with E-state index in [9.17, 15) is 9.59 Å². The van der Waals surface area contributed by atoms with Crippen LogP contribution in [0.1, 0.15) is 30.7 Å². The lowest BCUT2D eigenvalue weighted by Crippen LogP contribution is -2.42. The monoisotopic (exact) mass is 513 g/mol. The minimum atomic E-state index is -1.45. The van der Waals surface area contributed by atoms with Crippen molar-refractivity contribution in [1.29, 1.82) is 0 Å². The first-order valence-electron chi connectivity index (χ1n) is 10.1. The highest BCUT2D eigenvalue weighted by Gasteiger charge is 2.40. The van der Waals surface area contributed by atoms with Crippen LogP contribution < -0.4 is 5.73 Å². The average Bonchev–Trinajstić information content (AvgIpc) is 3.54. The summed E-state index contributed by atoms with van der Waals surface area (Å²) in [5.74, 6) is 0.157. The smallest absolute Gasteiger partial charge is 0.328 e. The molecule has 1 aliphatic rings. The molecule has 2 rings (SSSR count). The van der Waals surface area contributed by atoms with Crippen LogP contribution in [0.25, 0.3) is 0 Å². The van der Waals surface area contributed by atoms with Crippen LogP contribution >= 0.6 is 27.5 Å². The Morgan fingerprint density at radius 2 is 2.22 bits per heavy atom. The summed E-state index contributed by atoms with van der Waals surface area (Å²) in [6.07, 6.45) is 5.01. The second kappa shape index (κ2) is 12.0. The molecule has 6 radical (unpaired) electrons. The molecule has 1 saturated carbocycles. The van der Waals surface area contributed by atoms with E-state index in [1.165, 1.54) is 24.4 Å². The second-order valence-electron chi connectivity index (χ2n) is 7.84. The molecule has 1 aliphatic carbocycles. The van der Waals surface area contributed by atoms with Crippen LogP contribution in [0.15, 0.2) is 39.4 Å². The van der Waals surface area contributed by atoms with Crippen molar-refractivity contribution in [1.82, 2.24) is 4.90 Å². The van der Waals surface area contributed by atoms with Gasteiger partial charge in [-0.3, -0.25) is 4.79 Å². The molecule has 0 saturated heterocycles. The first-order valence-corrected chi connectivity index (χ1v) is 11.3. The zero-order chi connectivity index (χ0) is 23.9. The summed E-state index contributed by atoms with van der Waals surface area (Å²) in [6.45, 7) is 0.383. The summed E-state index contributed by atoms with van der Waals surface area (Å²) < 4.78 is 5.83. The molecule has 1 amide bonds. The molecular weight excluding hydrogens is 490 g/mol. The quantitative estimate of drug-likeness (QED) is 0.201. The minimum Gasteiger partial charge on any atom is -0.467 e. The fourth-order valence-electron chi connectivity index (χ4n) is 3.46. The highest BCUT2D eigenvalue weighted by atomic mass is 79.9. The third kappa shape index (κ3) is 7.44. The predicted molar refractivity (Wildman–Crippen MR) is 133 cm³/mol. The molecule has 0 bridgehead atoms. The Morgan fingerprint density at radius 1 is 1.50 bits per heavy atom. The Balaban J connectivity index is 2.04. The zero-order valence-corrected chi connectivity index (χ0v) is 20.3. The summed E-state index contributed by atoms with van der Waals surface area (Å²) in [5, 5.41) is -0.730. The van der Waals surface area contributed by atoms with Crippen molar-refractivity contribution in [2.24, 2.45) is 16.6 Å². The number of carbonyl (C=O) groups excluding carboxylic acids is 2. The van der Waals surface area contributed by atoms with E-state index in [0.717, 1.165) is 27.9 Å². The van der Waals surface area contributed by atoms with Crippen molar-refractivity contribution in [2.45, 2.75) is 42.9 Å². The molecule has 1 aromatic carbocycles. The molecular formula is C21H24B3BrClN3O3. The lowest BCUT2D eigenvalue weighted by atomic mass is 9.56. The van der Waals surface area contributed by atoms with Gasteiger partial charge in [-0.05, 0) is 59.5 Å². The molecule has 0 heterocycles. The Labute approximate surface area is 206 Å². The van der Waals surface area contributed by atoms with Crippen molar-refractivity contribution < 1.29 is 14.3 Å². The number of halogens is 2.